The number of aldehydes is 1. The molecule has 0 radical (unpaired) electrons. The molecule has 2 heteroatoms. The van der Waals surface area contributed by atoms with E-state index in [4.69, 9.17) is 7.10 Å². The van der Waals surface area contributed by atoms with Crippen LogP contribution in [0.1, 0.15) is 6.93 Å². The average molecular weight is 136 g/mol. The number of nitrogens with two attached hydrogens (primary N) is 1. The predicted octanol–water partition coefficient (Wildman–Crippen LogP) is 1.01. The van der Waals surface area contributed by atoms with Crippen molar-refractivity contribution in [3.8, 4) is 0 Å². The molecular weight excluding hydrogens is 126 g/mol. The Morgan fingerprint density at radius 3 is 2.60 bits per heavy atom. The van der Waals surface area contributed by atoms with E-state index in [-0.39, 0.29) is 6.42 Å². The Hall–Kier alpha value is -1.31. The molecule has 0 aliphatic heterocycles. The standard InChI is InChI=1S/C8H9NO/c9-8-3-1-7(2-4-8)5-6-10/h1-4,6H,5,9H2/i6D. The van der Waals surface area contributed by atoms with Gasteiger partial charge in [-0.05, 0) is 17.7 Å². The third-order valence-corrected chi connectivity index (χ3v) is 1.26. The van der Waals surface area contributed by atoms with Crippen LogP contribution >= 0.6 is 0 Å². The molecule has 2 nitrogen and oxygen atoms in total. The zero-order valence-electron chi connectivity index (χ0n) is 6.50. The van der Waals surface area contributed by atoms with Crippen molar-refractivity contribution in [2.24, 2.45) is 0 Å². The lowest BCUT2D eigenvalue weighted by Gasteiger charge is -1.94. The van der Waals surface area contributed by atoms with E-state index >= 15 is 0 Å². The lowest BCUT2D eigenvalue weighted by atomic mass is 10.1. The Morgan fingerprint density at radius 2 is 2.10 bits per heavy atom. The highest BCUT2D eigenvalue weighted by atomic mass is 16.1. The van der Waals surface area contributed by atoms with Crippen LogP contribution < -0.4 is 5.73 Å². The lowest BCUT2D eigenvalue weighted by Crippen LogP contribution is -1.87. The zero-order chi connectivity index (χ0) is 8.27. The molecule has 1 aromatic rings. The maximum Gasteiger partial charge on any atom is 0.124 e. The zero-order valence-corrected chi connectivity index (χ0v) is 5.50. The fourth-order valence-corrected chi connectivity index (χ4v) is 0.719. The molecule has 0 aliphatic rings. The van der Waals surface area contributed by atoms with Crippen LogP contribution in [-0.2, 0) is 11.2 Å². The number of nitrogen functional groups attached to an aromatic ring is 1. The molecule has 0 bridgehead atoms. The lowest BCUT2D eigenvalue weighted by molar-refractivity contribution is -0.107. The van der Waals surface area contributed by atoms with Crippen molar-refractivity contribution in [2.75, 3.05) is 5.73 Å². The largest absolute Gasteiger partial charge is 0.399 e. The molecule has 0 amide bonds. The van der Waals surface area contributed by atoms with Crippen LogP contribution in [0.5, 0.6) is 0 Å². The second-order valence-electron chi connectivity index (χ2n) is 2.06. The molecule has 1 rings (SSSR count). The Balaban J connectivity index is 2.74. The highest BCUT2D eigenvalue weighted by molar-refractivity contribution is 5.55. The first kappa shape index (κ1) is 5.47. The molecule has 10 heavy (non-hydrogen) atoms. The van der Waals surface area contributed by atoms with Crippen molar-refractivity contribution in [2.45, 2.75) is 6.42 Å². The van der Waals surface area contributed by atoms with Crippen molar-refractivity contribution in [1.29, 1.82) is 0 Å². The maximum atomic E-state index is 10.3. The van der Waals surface area contributed by atoms with Gasteiger partial charge in [0.25, 0.3) is 0 Å². The molecule has 0 atom stereocenters. The normalized spacial score (nSPS) is 10.6. The van der Waals surface area contributed by atoms with Gasteiger partial charge >= 0.3 is 0 Å². The van der Waals surface area contributed by atoms with E-state index in [1.54, 1.807) is 24.3 Å². The van der Waals surface area contributed by atoms with Crippen molar-refractivity contribution in [3.05, 3.63) is 29.8 Å². The molecule has 0 fully saturated rings. The van der Waals surface area contributed by atoms with Crippen molar-refractivity contribution >= 4 is 11.9 Å². The number of hydrogen-bond donors (Lipinski definition) is 1. The molecule has 52 valence electrons. The molecule has 0 saturated heterocycles. The highest BCUT2D eigenvalue weighted by Crippen LogP contribution is 2.04. The molecule has 1 aromatic carbocycles. The summed E-state index contributed by atoms with van der Waals surface area (Å²) < 4.78 is 6.70. The van der Waals surface area contributed by atoms with E-state index in [1.807, 2.05) is 0 Å². The molecule has 0 aliphatic carbocycles. The third-order valence-electron chi connectivity index (χ3n) is 1.26. The smallest absolute Gasteiger partial charge is 0.124 e. The van der Waals surface area contributed by atoms with Gasteiger partial charge in [0.1, 0.15) is 7.63 Å². The summed E-state index contributed by atoms with van der Waals surface area (Å²) in [6, 6.07) is 6.94. The third kappa shape index (κ3) is 1.58. The van der Waals surface area contributed by atoms with Gasteiger partial charge in [-0.15, -0.1) is 0 Å². The Kier molecular flexibility index (Phi) is 1.65. The summed E-state index contributed by atoms with van der Waals surface area (Å²) in [4.78, 5) is 10.3. The van der Waals surface area contributed by atoms with Gasteiger partial charge in [-0.1, -0.05) is 12.1 Å². The summed E-state index contributed by atoms with van der Waals surface area (Å²) in [5, 5.41) is 0. The van der Waals surface area contributed by atoms with Crippen LogP contribution in [0.25, 0.3) is 0 Å². The van der Waals surface area contributed by atoms with Gasteiger partial charge in [0, 0.05) is 12.1 Å². The first-order valence-corrected chi connectivity index (χ1v) is 3.02. The average Bonchev–Trinajstić information content (AvgIpc) is 1.93. The first-order valence-electron chi connectivity index (χ1n) is 3.52. The van der Waals surface area contributed by atoms with E-state index in [0.29, 0.717) is 5.69 Å². The quantitative estimate of drug-likeness (QED) is 0.487. The maximum absolute atomic E-state index is 10.3. The number of carbonyl (C=O) groups is 1. The predicted molar refractivity (Wildman–Crippen MR) is 40.6 cm³/mol. The van der Waals surface area contributed by atoms with Gasteiger partial charge in [0.15, 0.2) is 0 Å². The summed E-state index contributed by atoms with van der Waals surface area (Å²) in [5.41, 5.74) is 6.93. The molecular formula is C8H9NO. The number of benzene rings is 1. The summed E-state index contributed by atoms with van der Waals surface area (Å²) >= 11 is 0. The van der Waals surface area contributed by atoms with Crippen LogP contribution in [0, 0.1) is 0 Å². The summed E-state index contributed by atoms with van der Waals surface area (Å²) in [6.45, 7) is 0. The van der Waals surface area contributed by atoms with Crippen LogP contribution in [0.4, 0.5) is 5.69 Å². The molecule has 0 aromatic heterocycles. The molecule has 0 saturated carbocycles. The van der Waals surface area contributed by atoms with Gasteiger partial charge in [0.05, 0.1) is 0 Å². The second-order valence-corrected chi connectivity index (χ2v) is 2.06. The van der Waals surface area contributed by atoms with Crippen molar-refractivity contribution in [3.63, 3.8) is 0 Å². The van der Waals surface area contributed by atoms with Crippen LogP contribution in [-0.4, -0.2) is 6.26 Å². The number of anilines is 1. The minimum Gasteiger partial charge on any atom is -0.399 e. The van der Waals surface area contributed by atoms with E-state index in [9.17, 15) is 4.79 Å². The summed E-state index contributed by atoms with van der Waals surface area (Å²) in [6.07, 6.45) is -0.407. The van der Waals surface area contributed by atoms with Gasteiger partial charge < -0.3 is 10.5 Å². The molecule has 0 unspecified atom stereocenters. The fraction of sp³-hybridized carbons (Fsp3) is 0.125. The topological polar surface area (TPSA) is 43.1 Å². The van der Waals surface area contributed by atoms with Crippen LogP contribution in [0.3, 0.4) is 0 Å². The minimum absolute atomic E-state index is 0.167. The number of rotatable bonds is 2. The Morgan fingerprint density at radius 1 is 1.50 bits per heavy atom. The summed E-state index contributed by atoms with van der Waals surface area (Å²) in [5.74, 6) is 0. The van der Waals surface area contributed by atoms with Gasteiger partial charge in [-0.25, -0.2) is 0 Å². The molecule has 0 heterocycles. The molecule has 0 spiro atoms. The molecule has 2 N–H and O–H groups in total. The van der Waals surface area contributed by atoms with Gasteiger partial charge in [0.2, 0.25) is 0 Å². The van der Waals surface area contributed by atoms with E-state index in [1.165, 1.54) is 0 Å². The Labute approximate surface area is 61.1 Å². The van der Waals surface area contributed by atoms with Crippen molar-refractivity contribution in [1.82, 2.24) is 0 Å². The van der Waals surface area contributed by atoms with Crippen LogP contribution in [0.2, 0.25) is 0 Å². The SMILES string of the molecule is [2H]C(=O)Cc1ccc(N)cc1. The fourth-order valence-electron chi connectivity index (χ4n) is 0.719. The minimum atomic E-state index is -0.574. The monoisotopic (exact) mass is 136 g/mol. The number of hydrogen-bond acceptors (Lipinski definition) is 2. The Bertz CT molecular complexity index is 255. The van der Waals surface area contributed by atoms with Gasteiger partial charge in [-0.2, -0.15) is 0 Å². The second kappa shape index (κ2) is 3.01. The van der Waals surface area contributed by atoms with Crippen molar-refractivity contribution < 1.29 is 6.17 Å². The summed E-state index contributed by atoms with van der Waals surface area (Å²) in [7, 11) is 0. The van der Waals surface area contributed by atoms with E-state index in [0.717, 1.165) is 5.56 Å². The van der Waals surface area contributed by atoms with Gasteiger partial charge in [-0.3, -0.25) is 0 Å². The van der Waals surface area contributed by atoms with E-state index < -0.39 is 6.26 Å². The van der Waals surface area contributed by atoms with Crippen LogP contribution in [0.15, 0.2) is 24.3 Å². The first-order chi connectivity index (χ1) is 5.18. The van der Waals surface area contributed by atoms with E-state index in [2.05, 4.69) is 0 Å². The number of carbonyl (C=O) groups excluding carboxylic acids is 1. The highest BCUT2D eigenvalue weighted by Gasteiger charge is 1.88.